The number of hydrogen-bond donors (Lipinski definition) is 0. The maximum atomic E-state index is 3.68. The zero-order chi connectivity index (χ0) is 4.12. The van der Waals surface area contributed by atoms with Gasteiger partial charge in [0, 0.05) is 16.8 Å². The second kappa shape index (κ2) is 9.10. The van der Waals surface area contributed by atoms with E-state index < -0.39 is 0 Å². The van der Waals surface area contributed by atoms with Gasteiger partial charge >= 0.3 is 0 Å². The third-order valence-electron chi connectivity index (χ3n) is 0.604. The van der Waals surface area contributed by atoms with Crippen LogP contribution < -0.4 is 0 Å². The quantitative estimate of drug-likeness (QED) is 0.501. The van der Waals surface area contributed by atoms with Crippen molar-refractivity contribution in [1.82, 2.24) is 0 Å². The summed E-state index contributed by atoms with van der Waals surface area (Å²) in [7, 11) is 0. The van der Waals surface area contributed by atoms with Crippen LogP contribution in [0.25, 0.3) is 0 Å². The monoisotopic (exact) mass is 130 g/mol. The third kappa shape index (κ3) is 8.82. The van der Waals surface area contributed by atoms with E-state index in [0.29, 0.717) is 0 Å². The van der Waals surface area contributed by atoms with Crippen LogP contribution in [0.5, 0.6) is 0 Å². The molecule has 0 N–H and O–H groups in total. The molecule has 0 aromatic heterocycles. The summed E-state index contributed by atoms with van der Waals surface area (Å²) >= 11 is 0. The predicted octanol–water partition coefficient (Wildman–Crippen LogP) is 2.01. The van der Waals surface area contributed by atoms with E-state index in [4.69, 9.17) is 0 Å². The van der Waals surface area contributed by atoms with Crippen molar-refractivity contribution in [2.24, 2.45) is 0 Å². The van der Waals surface area contributed by atoms with Gasteiger partial charge < -0.3 is 6.92 Å². The largest absolute Gasteiger partial charge is 0.343 e. The van der Waals surface area contributed by atoms with Crippen LogP contribution in [0.3, 0.4) is 0 Å². The molecule has 0 aliphatic rings. The molecule has 0 unspecified atom stereocenters. The minimum atomic E-state index is 0. The summed E-state index contributed by atoms with van der Waals surface area (Å²) in [6.07, 6.45) is 3.65. The molecule has 0 atom stereocenters. The van der Waals surface area contributed by atoms with Gasteiger partial charge in [0.15, 0.2) is 0 Å². The van der Waals surface area contributed by atoms with Gasteiger partial charge in [-0.05, 0) is 0 Å². The summed E-state index contributed by atoms with van der Waals surface area (Å²) in [5.41, 5.74) is 0. The zero-order valence-electron chi connectivity index (χ0n) is 4.16. The van der Waals surface area contributed by atoms with Crippen LogP contribution in [-0.2, 0) is 16.8 Å². The Morgan fingerprint density at radius 2 is 2.00 bits per heavy atom. The molecular formula is C5H11Co-. The molecule has 0 spiro atoms. The molecule has 0 saturated carbocycles. The Balaban J connectivity index is 0. The van der Waals surface area contributed by atoms with Crippen molar-refractivity contribution in [3.63, 3.8) is 0 Å². The van der Waals surface area contributed by atoms with Crippen molar-refractivity contribution in [1.29, 1.82) is 0 Å². The molecule has 6 heavy (non-hydrogen) atoms. The van der Waals surface area contributed by atoms with Crippen LogP contribution in [0, 0.1) is 6.92 Å². The Bertz CT molecular complexity index is 11.4. The summed E-state index contributed by atoms with van der Waals surface area (Å²) in [6.45, 7) is 5.85. The van der Waals surface area contributed by atoms with Crippen molar-refractivity contribution in [3.05, 3.63) is 6.92 Å². The van der Waals surface area contributed by atoms with E-state index in [9.17, 15) is 0 Å². The Morgan fingerprint density at radius 3 is 2.00 bits per heavy atom. The van der Waals surface area contributed by atoms with Gasteiger partial charge in [0.2, 0.25) is 0 Å². The average Bonchev–Trinajstić information content (AvgIpc) is 1.41. The maximum absolute atomic E-state index is 3.68. The Hall–Kier alpha value is 0.506. The topological polar surface area (TPSA) is 0 Å². The molecule has 1 radical (unpaired) electrons. The molecule has 0 bridgehead atoms. The second-order valence-electron chi connectivity index (χ2n) is 1.21. The molecule has 0 nitrogen and oxygen atoms in total. The smallest absolute Gasteiger partial charge is 0 e. The molecule has 0 aromatic rings. The van der Waals surface area contributed by atoms with Gasteiger partial charge in [-0.25, -0.2) is 0 Å². The van der Waals surface area contributed by atoms with Gasteiger partial charge in [-0.2, -0.15) is 6.42 Å². The minimum absolute atomic E-state index is 0. The SMILES string of the molecule is [CH2-]CCCC.[Co]. The van der Waals surface area contributed by atoms with Gasteiger partial charge in [0.25, 0.3) is 0 Å². The van der Waals surface area contributed by atoms with E-state index in [1.807, 2.05) is 0 Å². The summed E-state index contributed by atoms with van der Waals surface area (Å²) < 4.78 is 0. The normalized spacial score (nSPS) is 7.00. The molecule has 41 valence electrons. The maximum Gasteiger partial charge on any atom is 0 e. The standard InChI is InChI=1S/C5H11.Co/c1-3-5-4-2;/h1,3-5H2,2H3;/q-1;. The predicted molar refractivity (Wildman–Crippen MR) is 24.9 cm³/mol. The Labute approximate surface area is 50.5 Å². The number of rotatable bonds is 2. The van der Waals surface area contributed by atoms with Crippen LogP contribution in [0.1, 0.15) is 26.2 Å². The molecule has 0 aromatic carbocycles. The molecule has 0 saturated heterocycles. The molecule has 0 amide bonds. The van der Waals surface area contributed by atoms with Gasteiger partial charge in [-0.1, -0.05) is 19.8 Å². The third-order valence-corrected chi connectivity index (χ3v) is 0.604. The first-order valence-corrected chi connectivity index (χ1v) is 2.21. The molecule has 0 aliphatic heterocycles. The Kier molecular flexibility index (Phi) is 14.7. The molecule has 0 heterocycles. The van der Waals surface area contributed by atoms with Gasteiger partial charge in [-0.15, -0.1) is 0 Å². The molecule has 0 rings (SSSR count). The summed E-state index contributed by atoms with van der Waals surface area (Å²) in [5.74, 6) is 0. The van der Waals surface area contributed by atoms with E-state index in [0.717, 1.165) is 6.42 Å². The molecule has 0 aliphatic carbocycles. The molecule has 0 fully saturated rings. The van der Waals surface area contributed by atoms with E-state index in [2.05, 4.69) is 13.8 Å². The fourth-order valence-electron chi connectivity index (χ4n) is 0.250. The summed E-state index contributed by atoms with van der Waals surface area (Å²) in [4.78, 5) is 0. The van der Waals surface area contributed by atoms with Crippen molar-refractivity contribution >= 4 is 0 Å². The second-order valence-corrected chi connectivity index (χ2v) is 1.21. The van der Waals surface area contributed by atoms with Crippen LogP contribution in [-0.4, -0.2) is 0 Å². The first kappa shape index (κ1) is 9.71. The van der Waals surface area contributed by atoms with E-state index >= 15 is 0 Å². The van der Waals surface area contributed by atoms with Gasteiger partial charge in [0.05, 0.1) is 0 Å². The van der Waals surface area contributed by atoms with E-state index in [1.54, 1.807) is 0 Å². The van der Waals surface area contributed by atoms with Crippen LogP contribution in [0.2, 0.25) is 0 Å². The van der Waals surface area contributed by atoms with Crippen molar-refractivity contribution in [2.45, 2.75) is 26.2 Å². The Morgan fingerprint density at radius 1 is 1.50 bits per heavy atom. The fourth-order valence-corrected chi connectivity index (χ4v) is 0.250. The van der Waals surface area contributed by atoms with Crippen molar-refractivity contribution in [2.75, 3.05) is 0 Å². The molecule has 1 heteroatoms. The first-order chi connectivity index (χ1) is 2.41. The van der Waals surface area contributed by atoms with Crippen LogP contribution in [0.15, 0.2) is 0 Å². The number of hydrogen-bond acceptors (Lipinski definition) is 0. The van der Waals surface area contributed by atoms with Crippen molar-refractivity contribution in [3.8, 4) is 0 Å². The number of unbranched alkanes of at least 4 members (excludes halogenated alkanes) is 2. The minimum Gasteiger partial charge on any atom is -0.343 e. The first-order valence-electron chi connectivity index (χ1n) is 2.21. The summed E-state index contributed by atoms with van der Waals surface area (Å²) in [6, 6.07) is 0. The summed E-state index contributed by atoms with van der Waals surface area (Å²) in [5, 5.41) is 0. The van der Waals surface area contributed by atoms with Gasteiger partial charge in [-0.3, -0.25) is 0 Å². The molecular weight excluding hydrogens is 119 g/mol. The van der Waals surface area contributed by atoms with Gasteiger partial charge in [0.1, 0.15) is 0 Å². The average molecular weight is 130 g/mol. The van der Waals surface area contributed by atoms with Crippen molar-refractivity contribution < 1.29 is 16.8 Å². The van der Waals surface area contributed by atoms with Crippen LogP contribution in [0.4, 0.5) is 0 Å². The van der Waals surface area contributed by atoms with E-state index in [1.165, 1.54) is 12.8 Å². The zero-order valence-corrected chi connectivity index (χ0v) is 5.20. The van der Waals surface area contributed by atoms with Crippen LogP contribution >= 0.6 is 0 Å². The fraction of sp³-hybridized carbons (Fsp3) is 0.800. The van der Waals surface area contributed by atoms with E-state index in [-0.39, 0.29) is 16.8 Å².